The molecule has 0 bridgehead atoms. The van der Waals surface area contributed by atoms with E-state index in [0.717, 1.165) is 25.6 Å². The molecule has 1 unspecified atom stereocenters. The highest BCUT2D eigenvalue weighted by Crippen LogP contribution is 1.93. The Balaban J connectivity index is 2.90. The van der Waals surface area contributed by atoms with Crippen LogP contribution in [0.1, 0.15) is 26.2 Å². The van der Waals surface area contributed by atoms with Crippen LogP contribution < -0.4 is 5.32 Å². The van der Waals surface area contributed by atoms with E-state index in [2.05, 4.69) is 12.2 Å². The van der Waals surface area contributed by atoms with Gasteiger partial charge in [0.1, 0.15) is 0 Å². The molecule has 2 N–H and O–H groups in total. The molecule has 4 heteroatoms. The maximum absolute atomic E-state index is 9.15. The van der Waals surface area contributed by atoms with E-state index in [9.17, 15) is 0 Å². The van der Waals surface area contributed by atoms with Gasteiger partial charge in [-0.1, -0.05) is 13.3 Å². The molecule has 0 aliphatic carbocycles. The van der Waals surface area contributed by atoms with Gasteiger partial charge in [-0.15, -0.1) is 0 Å². The third-order valence-electron chi connectivity index (χ3n) is 1.78. The summed E-state index contributed by atoms with van der Waals surface area (Å²) >= 11 is 0. The zero-order valence-corrected chi connectivity index (χ0v) is 9.33. The molecular formula is C8H21NO2Si. The Morgan fingerprint density at radius 3 is 2.58 bits per heavy atom. The van der Waals surface area contributed by atoms with Crippen LogP contribution in [0.4, 0.5) is 0 Å². The van der Waals surface area contributed by atoms with Crippen molar-refractivity contribution in [2.75, 3.05) is 20.2 Å². The van der Waals surface area contributed by atoms with Gasteiger partial charge in [-0.05, 0) is 32.0 Å². The average Bonchev–Trinajstić information content (AvgIpc) is 2.10. The first-order valence-electron chi connectivity index (χ1n) is 4.72. The number of hydrogen-bond donors (Lipinski definition) is 2. The first-order valence-corrected chi connectivity index (χ1v) is 6.53. The standard InChI is InChI=1S/C8H21NO2Si/c1-3-4-6-9-7-5-8-12(10)11-2/h9-10,12H,3-8H2,1-2H3. The van der Waals surface area contributed by atoms with Crippen molar-refractivity contribution >= 4 is 9.28 Å². The fourth-order valence-electron chi connectivity index (χ4n) is 0.946. The molecule has 0 aromatic carbocycles. The number of rotatable bonds is 8. The lowest BCUT2D eigenvalue weighted by atomic mass is 10.3. The average molecular weight is 191 g/mol. The van der Waals surface area contributed by atoms with Crippen molar-refractivity contribution in [2.24, 2.45) is 0 Å². The Hall–Kier alpha value is 0.0969. The van der Waals surface area contributed by atoms with Crippen molar-refractivity contribution in [3.63, 3.8) is 0 Å². The van der Waals surface area contributed by atoms with Crippen LogP contribution in [0.15, 0.2) is 0 Å². The van der Waals surface area contributed by atoms with Crippen molar-refractivity contribution in [3.05, 3.63) is 0 Å². The second-order valence-corrected chi connectivity index (χ2v) is 4.89. The maximum Gasteiger partial charge on any atom is 0.318 e. The fourth-order valence-corrected chi connectivity index (χ4v) is 1.74. The lowest BCUT2D eigenvalue weighted by Gasteiger charge is -2.06. The topological polar surface area (TPSA) is 41.5 Å². The highest BCUT2D eigenvalue weighted by molar-refractivity contribution is 6.42. The van der Waals surface area contributed by atoms with Crippen molar-refractivity contribution in [1.82, 2.24) is 5.32 Å². The van der Waals surface area contributed by atoms with Gasteiger partial charge in [0.15, 0.2) is 0 Å². The Labute approximate surface area is 77.0 Å². The molecule has 1 atom stereocenters. The minimum absolute atomic E-state index is 0.857. The predicted octanol–water partition coefficient (Wildman–Crippen LogP) is 0.625. The van der Waals surface area contributed by atoms with Crippen molar-refractivity contribution in [3.8, 4) is 0 Å². The second-order valence-electron chi connectivity index (χ2n) is 2.94. The van der Waals surface area contributed by atoms with E-state index in [-0.39, 0.29) is 0 Å². The molecule has 0 saturated carbocycles. The molecule has 0 aliphatic rings. The number of unbranched alkanes of at least 4 members (excludes halogenated alkanes) is 1. The number of hydrogen-bond acceptors (Lipinski definition) is 3. The van der Waals surface area contributed by atoms with Crippen LogP contribution in [-0.2, 0) is 4.43 Å². The van der Waals surface area contributed by atoms with Crippen LogP contribution in [0.5, 0.6) is 0 Å². The highest BCUT2D eigenvalue weighted by atomic mass is 28.3. The summed E-state index contributed by atoms with van der Waals surface area (Å²) < 4.78 is 4.84. The smallest absolute Gasteiger partial charge is 0.318 e. The summed E-state index contributed by atoms with van der Waals surface area (Å²) in [6.07, 6.45) is 3.51. The van der Waals surface area contributed by atoms with Gasteiger partial charge in [-0.3, -0.25) is 0 Å². The summed E-state index contributed by atoms with van der Waals surface area (Å²) in [6, 6.07) is 0.857. The van der Waals surface area contributed by atoms with Crippen LogP contribution in [0.3, 0.4) is 0 Å². The zero-order chi connectivity index (χ0) is 9.23. The fraction of sp³-hybridized carbons (Fsp3) is 1.00. The van der Waals surface area contributed by atoms with E-state index >= 15 is 0 Å². The van der Waals surface area contributed by atoms with E-state index < -0.39 is 9.28 Å². The van der Waals surface area contributed by atoms with Gasteiger partial charge < -0.3 is 14.5 Å². The Bertz CT molecular complexity index is 93.1. The maximum atomic E-state index is 9.15. The lowest BCUT2D eigenvalue weighted by molar-refractivity contribution is 0.324. The summed E-state index contributed by atoms with van der Waals surface area (Å²) in [7, 11) is -0.195. The molecule has 3 nitrogen and oxygen atoms in total. The predicted molar refractivity (Wildman–Crippen MR) is 53.6 cm³/mol. The number of nitrogens with one attached hydrogen (secondary N) is 1. The third-order valence-corrected chi connectivity index (χ3v) is 3.23. The molecule has 0 aromatic rings. The summed E-state index contributed by atoms with van der Waals surface area (Å²) in [4.78, 5) is 9.15. The quantitative estimate of drug-likeness (QED) is 0.437. The lowest BCUT2D eigenvalue weighted by Crippen LogP contribution is -2.20. The van der Waals surface area contributed by atoms with Gasteiger partial charge in [0.2, 0.25) is 0 Å². The van der Waals surface area contributed by atoms with Crippen LogP contribution >= 0.6 is 0 Å². The van der Waals surface area contributed by atoms with Crippen molar-refractivity contribution in [2.45, 2.75) is 32.2 Å². The van der Waals surface area contributed by atoms with Crippen molar-refractivity contribution < 1.29 is 9.22 Å². The SMILES string of the molecule is CCCCNCCC[SiH](O)OC. The van der Waals surface area contributed by atoms with Crippen LogP contribution in [0.25, 0.3) is 0 Å². The third kappa shape index (κ3) is 8.20. The van der Waals surface area contributed by atoms with Gasteiger partial charge >= 0.3 is 9.28 Å². The summed E-state index contributed by atoms with van der Waals surface area (Å²) in [6.45, 7) is 4.29. The molecule has 0 rings (SSSR count). The largest absolute Gasteiger partial charge is 0.413 e. The van der Waals surface area contributed by atoms with E-state index in [0.29, 0.717) is 0 Å². The molecule has 0 radical (unpaired) electrons. The normalized spacial score (nSPS) is 13.2. The molecule has 0 aliphatic heterocycles. The molecule has 0 saturated heterocycles. The Morgan fingerprint density at radius 2 is 2.00 bits per heavy atom. The Morgan fingerprint density at radius 1 is 1.33 bits per heavy atom. The summed E-state index contributed by atoms with van der Waals surface area (Å²) in [5.74, 6) is 0. The molecule has 0 spiro atoms. The van der Waals surface area contributed by atoms with E-state index in [1.165, 1.54) is 12.8 Å². The van der Waals surface area contributed by atoms with Gasteiger partial charge in [0.05, 0.1) is 0 Å². The molecule has 0 heterocycles. The minimum atomic E-state index is -1.78. The van der Waals surface area contributed by atoms with E-state index in [1.807, 2.05) is 0 Å². The van der Waals surface area contributed by atoms with E-state index in [1.54, 1.807) is 7.11 Å². The minimum Gasteiger partial charge on any atom is -0.413 e. The molecule has 0 aromatic heterocycles. The zero-order valence-electron chi connectivity index (χ0n) is 8.18. The van der Waals surface area contributed by atoms with Gasteiger partial charge in [0.25, 0.3) is 0 Å². The molecule has 74 valence electrons. The second kappa shape index (κ2) is 9.19. The molecule has 0 fully saturated rings. The van der Waals surface area contributed by atoms with Gasteiger partial charge in [-0.2, -0.15) is 0 Å². The summed E-state index contributed by atoms with van der Waals surface area (Å²) in [5, 5.41) is 3.32. The first kappa shape index (κ1) is 12.1. The van der Waals surface area contributed by atoms with Crippen molar-refractivity contribution in [1.29, 1.82) is 0 Å². The molecular weight excluding hydrogens is 170 g/mol. The Kier molecular flexibility index (Phi) is 9.26. The van der Waals surface area contributed by atoms with Crippen LogP contribution in [-0.4, -0.2) is 34.3 Å². The molecule has 12 heavy (non-hydrogen) atoms. The van der Waals surface area contributed by atoms with Gasteiger partial charge in [0, 0.05) is 7.11 Å². The van der Waals surface area contributed by atoms with E-state index in [4.69, 9.17) is 9.22 Å². The highest BCUT2D eigenvalue weighted by Gasteiger charge is 2.03. The van der Waals surface area contributed by atoms with Crippen LogP contribution in [0.2, 0.25) is 6.04 Å². The monoisotopic (exact) mass is 191 g/mol. The first-order chi connectivity index (χ1) is 5.81. The van der Waals surface area contributed by atoms with Gasteiger partial charge in [-0.25, -0.2) is 0 Å². The molecule has 0 amide bonds. The summed E-state index contributed by atoms with van der Waals surface area (Å²) in [5.41, 5.74) is 0. The van der Waals surface area contributed by atoms with Crippen LogP contribution in [0, 0.1) is 0 Å².